The lowest BCUT2D eigenvalue weighted by Crippen LogP contribution is -2.20. The normalized spacial score (nSPS) is 10.4. The number of carbonyl (C=O) groups excluding carboxylic acids is 1. The molecule has 0 fully saturated rings. The SMILES string of the molecule is NC(=O)Cc1c[nH]c2cnccc2c1=O. The topological polar surface area (TPSA) is 88.8 Å². The van der Waals surface area contributed by atoms with Crippen molar-refractivity contribution in [1.82, 2.24) is 9.97 Å². The number of aromatic nitrogens is 2. The first-order valence-electron chi connectivity index (χ1n) is 4.41. The number of nitrogens with two attached hydrogens (primary N) is 1. The average Bonchev–Trinajstić information content (AvgIpc) is 2.22. The summed E-state index contributed by atoms with van der Waals surface area (Å²) in [7, 11) is 0. The van der Waals surface area contributed by atoms with E-state index in [1.165, 1.54) is 12.4 Å². The third kappa shape index (κ3) is 1.71. The smallest absolute Gasteiger partial charge is 0.222 e. The van der Waals surface area contributed by atoms with Gasteiger partial charge in [0, 0.05) is 23.3 Å². The second-order valence-electron chi connectivity index (χ2n) is 3.21. The van der Waals surface area contributed by atoms with Gasteiger partial charge in [-0.2, -0.15) is 0 Å². The molecule has 2 aromatic rings. The molecule has 0 radical (unpaired) electrons. The zero-order valence-corrected chi connectivity index (χ0v) is 7.86. The Bertz CT molecular complexity index is 574. The summed E-state index contributed by atoms with van der Waals surface area (Å²) in [5, 5.41) is 0.517. The molecule has 0 unspecified atom stereocenters. The third-order valence-electron chi connectivity index (χ3n) is 2.12. The Balaban J connectivity index is 2.65. The minimum atomic E-state index is -0.520. The number of hydrogen-bond donors (Lipinski definition) is 2. The summed E-state index contributed by atoms with van der Waals surface area (Å²) >= 11 is 0. The van der Waals surface area contributed by atoms with Gasteiger partial charge in [-0.3, -0.25) is 14.6 Å². The standard InChI is InChI=1S/C10H9N3O2/c11-9(14)3-6-4-13-8-5-12-2-1-7(8)10(6)15/h1-2,4-5H,3H2,(H2,11,14)(H,13,15). The molecule has 1 amide bonds. The molecule has 0 atom stereocenters. The van der Waals surface area contributed by atoms with E-state index in [1.807, 2.05) is 0 Å². The number of hydrogen-bond acceptors (Lipinski definition) is 3. The number of primary amides is 1. The number of pyridine rings is 2. The van der Waals surface area contributed by atoms with Gasteiger partial charge in [0.05, 0.1) is 18.1 Å². The Morgan fingerprint density at radius 1 is 1.53 bits per heavy atom. The summed E-state index contributed by atoms with van der Waals surface area (Å²) in [4.78, 5) is 29.3. The van der Waals surface area contributed by atoms with E-state index >= 15 is 0 Å². The zero-order chi connectivity index (χ0) is 10.8. The molecule has 0 aliphatic heterocycles. The number of carbonyl (C=O) groups is 1. The number of nitrogens with one attached hydrogen (secondary N) is 1. The van der Waals surface area contributed by atoms with Crippen molar-refractivity contribution in [3.63, 3.8) is 0 Å². The van der Waals surface area contributed by atoms with E-state index in [1.54, 1.807) is 12.3 Å². The van der Waals surface area contributed by atoms with Crippen molar-refractivity contribution in [3.8, 4) is 0 Å². The highest BCUT2D eigenvalue weighted by Gasteiger charge is 2.06. The van der Waals surface area contributed by atoms with Gasteiger partial charge in [0.15, 0.2) is 5.43 Å². The van der Waals surface area contributed by atoms with Gasteiger partial charge in [0.25, 0.3) is 0 Å². The third-order valence-corrected chi connectivity index (χ3v) is 2.12. The molecular formula is C10H9N3O2. The molecule has 0 aliphatic carbocycles. The van der Waals surface area contributed by atoms with Crippen LogP contribution in [0.3, 0.4) is 0 Å². The van der Waals surface area contributed by atoms with Gasteiger partial charge in [0.2, 0.25) is 5.91 Å². The fraction of sp³-hybridized carbons (Fsp3) is 0.100. The van der Waals surface area contributed by atoms with Crippen LogP contribution in [0, 0.1) is 0 Å². The molecule has 2 rings (SSSR count). The van der Waals surface area contributed by atoms with Crippen molar-refractivity contribution in [2.75, 3.05) is 0 Å². The monoisotopic (exact) mass is 203 g/mol. The maximum absolute atomic E-state index is 11.8. The fourth-order valence-corrected chi connectivity index (χ4v) is 1.43. The summed E-state index contributed by atoms with van der Waals surface area (Å²) in [6, 6.07) is 1.61. The number of aromatic amines is 1. The van der Waals surface area contributed by atoms with Crippen LogP contribution in [-0.4, -0.2) is 15.9 Å². The average molecular weight is 203 g/mol. The molecule has 0 spiro atoms. The molecule has 76 valence electrons. The highest BCUT2D eigenvalue weighted by molar-refractivity contribution is 5.81. The number of amides is 1. The Morgan fingerprint density at radius 3 is 3.07 bits per heavy atom. The van der Waals surface area contributed by atoms with E-state index in [4.69, 9.17) is 5.73 Å². The second kappa shape index (κ2) is 3.53. The number of fused-ring (bicyclic) bond motifs is 1. The minimum Gasteiger partial charge on any atom is -0.369 e. The quantitative estimate of drug-likeness (QED) is 0.717. The second-order valence-corrected chi connectivity index (χ2v) is 3.21. The molecule has 0 bridgehead atoms. The van der Waals surface area contributed by atoms with Gasteiger partial charge in [0.1, 0.15) is 0 Å². The van der Waals surface area contributed by atoms with Crippen molar-refractivity contribution < 1.29 is 4.79 Å². The maximum atomic E-state index is 11.8. The van der Waals surface area contributed by atoms with E-state index in [0.29, 0.717) is 16.5 Å². The Kier molecular flexibility index (Phi) is 2.21. The summed E-state index contributed by atoms with van der Waals surface area (Å²) in [5.41, 5.74) is 5.88. The summed E-state index contributed by atoms with van der Waals surface area (Å²) in [6.45, 7) is 0. The van der Waals surface area contributed by atoms with Crippen molar-refractivity contribution in [3.05, 3.63) is 40.4 Å². The maximum Gasteiger partial charge on any atom is 0.222 e. The number of nitrogens with zero attached hydrogens (tertiary/aromatic N) is 1. The van der Waals surface area contributed by atoms with Crippen molar-refractivity contribution >= 4 is 16.8 Å². The minimum absolute atomic E-state index is 0.0480. The van der Waals surface area contributed by atoms with Crippen LogP contribution in [0.15, 0.2) is 29.5 Å². The van der Waals surface area contributed by atoms with Crippen LogP contribution in [0.2, 0.25) is 0 Å². The van der Waals surface area contributed by atoms with E-state index in [-0.39, 0.29) is 11.8 Å². The summed E-state index contributed by atoms with van der Waals surface area (Å²) in [6.07, 6.45) is 4.54. The molecular weight excluding hydrogens is 194 g/mol. The Morgan fingerprint density at radius 2 is 2.33 bits per heavy atom. The van der Waals surface area contributed by atoms with Gasteiger partial charge < -0.3 is 10.7 Å². The number of H-pyrrole nitrogens is 1. The van der Waals surface area contributed by atoms with E-state index in [0.717, 1.165) is 0 Å². The lowest BCUT2D eigenvalue weighted by Gasteiger charge is -2.00. The molecule has 0 saturated heterocycles. The van der Waals surface area contributed by atoms with Crippen LogP contribution in [0.1, 0.15) is 5.56 Å². The van der Waals surface area contributed by atoms with Crippen molar-refractivity contribution in [2.45, 2.75) is 6.42 Å². The molecule has 0 saturated carbocycles. The van der Waals surface area contributed by atoms with E-state index in [2.05, 4.69) is 9.97 Å². The van der Waals surface area contributed by atoms with Crippen molar-refractivity contribution in [2.24, 2.45) is 5.73 Å². The van der Waals surface area contributed by atoms with Crippen LogP contribution < -0.4 is 11.2 Å². The largest absolute Gasteiger partial charge is 0.369 e. The fourth-order valence-electron chi connectivity index (χ4n) is 1.43. The van der Waals surface area contributed by atoms with Crippen LogP contribution in [0.4, 0.5) is 0 Å². The highest BCUT2D eigenvalue weighted by Crippen LogP contribution is 2.05. The van der Waals surface area contributed by atoms with Gasteiger partial charge >= 0.3 is 0 Å². The Labute approximate surface area is 84.9 Å². The molecule has 15 heavy (non-hydrogen) atoms. The molecule has 3 N–H and O–H groups in total. The molecule has 2 heterocycles. The van der Waals surface area contributed by atoms with Crippen LogP contribution in [0.5, 0.6) is 0 Å². The summed E-state index contributed by atoms with van der Waals surface area (Å²) < 4.78 is 0. The van der Waals surface area contributed by atoms with Crippen LogP contribution in [-0.2, 0) is 11.2 Å². The van der Waals surface area contributed by atoms with Crippen molar-refractivity contribution in [1.29, 1.82) is 0 Å². The van der Waals surface area contributed by atoms with E-state index < -0.39 is 5.91 Å². The predicted molar refractivity (Wildman–Crippen MR) is 55.3 cm³/mol. The molecule has 0 aliphatic rings. The van der Waals surface area contributed by atoms with Gasteiger partial charge in [-0.15, -0.1) is 0 Å². The first-order chi connectivity index (χ1) is 7.18. The molecule has 5 heteroatoms. The lowest BCUT2D eigenvalue weighted by atomic mass is 10.1. The van der Waals surface area contributed by atoms with Gasteiger partial charge in [-0.05, 0) is 6.07 Å². The van der Waals surface area contributed by atoms with Crippen LogP contribution in [0.25, 0.3) is 10.9 Å². The first-order valence-corrected chi connectivity index (χ1v) is 4.41. The predicted octanol–water partition coefficient (Wildman–Crippen LogP) is -0.0491. The zero-order valence-electron chi connectivity index (χ0n) is 7.86. The van der Waals surface area contributed by atoms with Gasteiger partial charge in [-0.1, -0.05) is 0 Å². The lowest BCUT2D eigenvalue weighted by molar-refractivity contribution is -0.117. The highest BCUT2D eigenvalue weighted by atomic mass is 16.1. The Hall–Kier alpha value is -2.17. The summed E-state index contributed by atoms with van der Waals surface area (Å²) in [5.74, 6) is -0.520. The molecule has 5 nitrogen and oxygen atoms in total. The number of rotatable bonds is 2. The first kappa shape index (κ1) is 9.39. The molecule has 2 aromatic heterocycles. The van der Waals surface area contributed by atoms with E-state index in [9.17, 15) is 9.59 Å². The molecule has 0 aromatic carbocycles. The van der Waals surface area contributed by atoms with Gasteiger partial charge in [-0.25, -0.2) is 0 Å². The van der Waals surface area contributed by atoms with Crippen LogP contribution >= 0.6 is 0 Å².